The maximum atomic E-state index is 13.5. The van der Waals surface area contributed by atoms with Crippen molar-refractivity contribution in [2.75, 3.05) is 11.5 Å². The summed E-state index contributed by atoms with van der Waals surface area (Å²) < 4.78 is 11.1. The number of amides is 1. The molecular formula is C32H27N3O6S. The lowest BCUT2D eigenvalue weighted by Crippen LogP contribution is -2.29. The number of pyridine rings is 1. The minimum Gasteiger partial charge on any atom is -0.507 e. The van der Waals surface area contributed by atoms with Crippen molar-refractivity contribution in [1.29, 1.82) is 0 Å². The Morgan fingerprint density at radius 1 is 1.12 bits per heavy atom. The van der Waals surface area contributed by atoms with Crippen LogP contribution in [0.3, 0.4) is 0 Å². The molecule has 1 N–H and O–H groups in total. The average Bonchev–Trinajstić information content (AvgIpc) is 3.52. The fourth-order valence-electron chi connectivity index (χ4n) is 4.61. The topological polar surface area (TPSA) is 119 Å². The van der Waals surface area contributed by atoms with Gasteiger partial charge < -0.3 is 14.6 Å². The molecule has 42 heavy (non-hydrogen) atoms. The molecule has 1 aliphatic heterocycles. The SMILES string of the molecule is C=CCOC(=O)c1sc(N2C(=O)C(=O)C(=C(O)c3ccc(OCc4ccccc4)c(C)c3)C2c2cccnc2)nc1C. The van der Waals surface area contributed by atoms with Crippen molar-refractivity contribution < 1.29 is 29.0 Å². The van der Waals surface area contributed by atoms with Gasteiger partial charge in [-0.05, 0) is 54.8 Å². The number of carbonyl (C=O) groups excluding carboxylic acids is 3. The van der Waals surface area contributed by atoms with Crippen LogP contribution in [-0.2, 0) is 20.9 Å². The zero-order valence-electron chi connectivity index (χ0n) is 22.9. The number of ether oxygens (including phenoxy) is 2. The molecule has 4 aromatic rings. The Kier molecular flexibility index (Phi) is 8.26. The van der Waals surface area contributed by atoms with Crippen LogP contribution in [-0.4, -0.2) is 39.3 Å². The number of carbonyl (C=O) groups is 3. The molecule has 5 rings (SSSR count). The van der Waals surface area contributed by atoms with E-state index in [-0.39, 0.29) is 27.9 Å². The number of aryl methyl sites for hydroxylation is 2. The van der Waals surface area contributed by atoms with E-state index in [1.165, 1.54) is 17.2 Å². The Labute approximate surface area is 246 Å². The maximum absolute atomic E-state index is 13.5. The average molecular weight is 582 g/mol. The molecule has 1 fully saturated rings. The minimum absolute atomic E-state index is 0.0151. The highest BCUT2D eigenvalue weighted by Crippen LogP contribution is 2.44. The third kappa shape index (κ3) is 5.57. The van der Waals surface area contributed by atoms with Crippen LogP contribution in [0.15, 0.2) is 91.3 Å². The van der Waals surface area contributed by atoms with E-state index in [9.17, 15) is 19.5 Å². The summed E-state index contributed by atoms with van der Waals surface area (Å²) >= 11 is 0.929. The molecule has 212 valence electrons. The Bertz CT molecular complexity index is 1700. The van der Waals surface area contributed by atoms with Gasteiger partial charge in [-0.3, -0.25) is 19.5 Å². The fourth-order valence-corrected chi connectivity index (χ4v) is 5.59. The predicted octanol–water partition coefficient (Wildman–Crippen LogP) is 5.70. The van der Waals surface area contributed by atoms with E-state index in [0.29, 0.717) is 29.2 Å². The van der Waals surface area contributed by atoms with Crippen LogP contribution in [0.1, 0.15) is 43.7 Å². The molecule has 2 aromatic carbocycles. The van der Waals surface area contributed by atoms with Gasteiger partial charge in [0.05, 0.1) is 17.3 Å². The van der Waals surface area contributed by atoms with Crippen LogP contribution in [0.5, 0.6) is 5.75 Å². The Balaban J connectivity index is 1.53. The molecule has 0 aliphatic carbocycles. The van der Waals surface area contributed by atoms with Crippen LogP contribution < -0.4 is 9.64 Å². The number of ketones is 1. The highest BCUT2D eigenvalue weighted by atomic mass is 32.1. The van der Waals surface area contributed by atoms with Gasteiger partial charge in [-0.1, -0.05) is 60.4 Å². The number of hydrogen-bond acceptors (Lipinski definition) is 9. The summed E-state index contributed by atoms with van der Waals surface area (Å²) in [5.74, 6) is -2.11. The number of hydrogen-bond donors (Lipinski definition) is 1. The van der Waals surface area contributed by atoms with Crippen molar-refractivity contribution in [2.24, 2.45) is 0 Å². The lowest BCUT2D eigenvalue weighted by Gasteiger charge is -2.22. The van der Waals surface area contributed by atoms with Gasteiger partial charge in [0, 0.05) is 18.0 Å². The highest BCUT2D eigenvalue weighted by molar-refractivity contribution is 7.17. The fraction of sp³-hybridized carbons (Fsp3) is 0.156. The Morgan fingerprint density at radius 3 is 2.60 bits per heavy atom. The third-order valence-corrected chi connectivity index (χ3v) is 7.78. The van der Waals surface area contributed by atoms with Gasteiger partial charge in [0.1, 0.15) is 29.6 Å². The quantitative estimate of drug-likeness (QED) is 0.0879. The van der Waals surface area contributed by atoms with Crippen molar-refractivity contribution in [3.05, 3.63) is 124 Å². The third-order valence-electron chi connectivity index (χ3n) is 6.64. The zero-order chi connectivity index (χ0) is 29.8. The van der Waals surface area contributed by atoms with Crippen LogP contribution in [0.4, 0.5) is 5.13 Å². The number of aromatic nitrogens is 2. The van der Waals surface area contributed by atoms with Crippen LogP contribution in [0, 0.1) is 13.8 Å². The Hall–Kier alpha value is -5.09. The number of aliphatic hydroxyl groups excluding tert-OH is 1. The molecule has 2 aromatic heterocycles. The second-order valence-electron chi connectivity index (χ2n) is 9.51. The van der Waals surface area contributed by atoms with E-state index < -0.39 is 23.7 Å². The first-order valence-electron chi connectivity index (χ1n) is 13.0. The molecule has 1 unspecified atom stereocenters. The number of thiazole rings is 1. The predicted molar refractivity (Wildman–Crippen MR) is 158 cm³/mol. The standard InChI is InChI=1S/C32H27N3O6S/c1-4-15-40-31(39)29-20(3)34-32(42-29)35-26(23-11-8-14-33-17-23)25(28(37)30(35)38)27(36)22-12-13-24(19(2)16-22)41-18-21-9-6-5-7-10-21/h4-14,16-17,26,36H,1,15,18H2,2-3H3. The number of benzene rings is 2. The van der Waals surface area contributed by atoms with E-state index in [1.54, 1.807) is 43.5 Å². The summed E-state index contributed by atoms with van der Waals surface area (Å²) in [6.07, 6.45) is 4.52. The molecule has 0 radical (unpaired) electrons. The monoisotopic (exact) mass is 581 g/mol. The normalized spacial score (nSPS) is 16.0. The van der Waals surface area contributed by atoms with Crippen molar-refractivity contribution in [1.82, 2.24) is 9.97 Å². The smallest absolute Gasteiger partial charge is 0.350 e. The second-order valence-corrected chi connectivity index (χ2v) is 10.5. The van der Waals surface area contributed by atoms with Gasteiger partial charge in [0.25, 0.3) is 5.78 Å². The van der Waals surface area contributed by atoms with Gasteiger partial charge in [0.15, 0.2) is 5.13 Å². The molecule has 10 heteroatoms. The molecule has 1 aliphatic rings. The number of anilines is 1. The largest absolute Gasteiger partial charge is 0.507 e. The molecule has 9 nitrogen and oxygen atoms in total. The molecule has 0 bridgehead atoms. The first-order valence-corrected chi connectivity index (χ1v) is 13.9. The van der Waals surface area contributed by atoms with Crippen LogP contribution >= 0.6 is 11.3 Å². The summed E-state index contributed by atoms with van der Waals surface area (Å²) in [4.78, 5) is 49.5. The van der Waals surface area contributed by atoms with Gasteiger partial charge in [0.2, 0.25) is 0 Å². The molecular weight excluding hydrogens is 554 g/mol. The van der Waals surface area contributed by atoms with Crippen molar-refractivity contribution in [2.45, 2.75) is 26.5 Å². The summed E-state index contributed by atoms with van der Waals surface area (Å²) in [6.45, 7) is 7.37. The number of rotatable bonds is 9. The van der Waals surface area contributed by atoms with E-state index in [2.05, 4.69) is 16.5 Å². The van der Waals surface area contributed by atoms with Gasteiger partial charge in [-0.2, -0.15) is 0 Å². The number of nitrogens with zero attached hydrogens (tertiary/aromatic N) is 3. The lowest BCUT2D eigenvalue weighted by molar-refractivity contribution is -0.132. The minimum atomic E-state index is -1.03. The molecule has 1 saturated heterocycles. The number of aliphatic hydroxyl groups is 1. The number of Topliss-reactive ketones (excluding diaryl/α,β-unsaturated/α-hetero) is 1. The summed E-state index contributed by atoms with van der Waals surface area (Å²) in [7, 11) is 0. The lowest BCUT2D eigenvalue weighted by atomic mass is 9.96. The highest BCUT2D eigenvalue weighted by Gasteiger charge is 2.48. The summed E-state index contributed by atoms with van der Waals surface area (Å²) in [5, 5.41) is 11.6. The van der Waals surface area contributed by atoms with Gasteiger partial charge in [-0.15, -0.1) is 0 Å². The van der Waals surface area contributed by atoms with E-state index in [4.69, 9.17) is 9.47 Å². The van der Waals surface area contributed by atoms with Crippen molar-refractivity contribution >= 4 is 39.9 Å². The first-order chi connectivity index (χ1) is 20.3. The van der Waals surface area contributed by atoms with Gasteiger partial charge in [-0.25, -0.2) is 9.78 Å². The van der Waals surface area contributed by atoms with E-state index >= 15 is 0 Å². The zero-order valence-corrected chi connectivity index (χ0v) is 23.8. The maximum Gasteiger partial charge on any atom is 0.350 e. The first kappa shape index (κ1) is 28.4. The summed E-state index contributed by atoms with van der Waals surface area (Å²) in [5.41, 5.74) is 2.80. The summed E-state index contributed by atoms with van der Waals surface area (Å²) in [6, 6.07) is 17.1. The number of esters is 1. The van der Waals surface area contributed by atoms with E-state index in [1.807, 2.05) is 37.3 Å². The molecule has 1 amide bonds. The van der Waals surface area contributed by atoms with Crippen LogP contribution in [0.2, 0.25) is 0 Å². The second kappa shape index (κ2) is 12.2. The van der Waals surface area contributed by atoms with Crippen molar-refractivity contribution in [3.8, 4) is 5.75 Å². The van der Waals surface area contributed by atoms with Gasteiger partial charge >= 0.3 is 11.9 Å². The molecule has 0 spiro atoms. The Morgan fingerprint density at radius 2 is 1.90 bits per heavy atom. The van der Waals surface area contributed by atoms with Crippen LogP contribution in [0.25, 0.3) is 5.76 Å². The molecule has 3 heterocycles. The molecule has 0 saturated carbocycles. The van der Waals surface area contributed by atoms with Crippen molar-refractivity contribution in [3.63, 3.8) is 0 Å². The van der Waals surface area contributed by atoms with E-state index in [0.717, 1.165) is 22.5 Å². The molecule has 1 atom stereocenters.